The molecule has 3 rings (SSSR count). The number of aliphatic hydroxyl groups is 2. The Labute approximate surface area is 140 Å². The largest absolute Gasteiger partial charge is 0.472 e. The molecule has 23 heavy (non-hydrogen) atoms. The van der Waals surface area contributed by atoms with Gasteiger partial charge in [-0.3, -0.25) is 0 Å². The first kappa shape index (κ1) is 17.0. The Hall–Kier alpha value is -0.800. The van der Waals surface area contributed by atoms with Crippen LogP contribution in [-0.4, -0.2) is 21.9 Å². The fourth-order valence-corrected chi connectivity index (χ4v) is 5.79. The molecule has 0 aromatic carbocycles. The summed E-state index contributed by atoms with van der Waals surface area (Å²) in [6.07, 6.45) is 8.74. The van der Waals surface area contributed by atoms with Crippen molar-refractivity contribution in [3.8, 4) is 0 Å². The maximum Gasteiger partial charge on any atom is 0.0934 e. The second kappa shape index (κ2) is 5.63. The summed E-state index contributed by atoms with van der Waals surface area (Å²) < 4.78 is 5.17. The highest BCUT2D eigenvalue weighted by Crippen LogP contribution is 2.63. The smallest absolute Gasteiger partial charge is 0.0934 e. The summed E-state index contributed by atoms with van der Waals surface area (Å²) in [5.74, 6) is 0.272. The van der Waals surface area contributed by atoms with E-state index in [1.807, 2.05) is 13.0 Å². The second-order valence-electron chi connectivity index (χ2n) is 8.96. The van der Waals surface area contributed by atoms with Crippen molar-refractivity contribution in [1.82, 2.24) is 0 Å². The highest BCUT2D eigenvalue weighted by molar-refractivity contribution is 5.15. The Morgan fingerprint density at radius 2 is 2.00 bits per heavy atom. The van der Waals surface area contributed by atoms with Crippen LogP contribution in [0.25, 0.3) is 0 Å². The molecule has 0 spiro atoms. The normalized spacial score (nSPS) is 43.1. The van der Waals surface area contributed by atoms with Gasteiger partial charge in [0.05, 0.1) is 24.2 Å². The number of aliphatic hydroxyl groups excluding tert-OH is 1. The van der Waals surface area contributed by atoms with Gasteiger partial charge in [0.1, 0.15) is 0 Å². The predicted octanol–water partition coefficient (Wildman–Crippen LogP) is 4.18. The maximum absolute atomic E-state index is 11.8. The first-order chi connectivity index (χ1) is 10.7. The van der Waals surface area contributed by atoms with Crippen molar-refractivity contribution >= 4 is 0 Å². The van der Waals surface area contributed by atoms with E-state index in [4.69, 9.17) is 4.42 Å². The van der Waals surface area contributed by atoms with Crippen LogP contribution in [0.3, 0.4) is 0 Å². The van der Waals surface area contributed by atoms with Crippen LogP contribution >= 0.6 is 0 Å². The van der Waals surface area contributed by atoms with Crippen molar-refractivity contribution in [2.75, 3.05) is 0 Å². The van der Waals surface area contributed by atoms with Gasteiger partial charge in [0.15, 0.2) is 0 Å². The molecule has 0 aliphatic heterocycles. The Morgan fingerprint density at radius 1 is 1.26 bits per heavy atom. The van der Waals surface area contributed by atoms with E-state index in [-0.39, 0.29) is 16.7 Å². The summed E-state index contributed by atoms with van der Waals surface area (Å²) in [5, 5.41) is 22.5. The van der Waals surface area contributed by atoms with Crippen molar-refractivity contribution in [3.63, 3.8) is 0 Å². The third-order valence-corrected chi connectivity index (χ3v) is 7.40. The molecule has 2 aliphatic rings. The third-order valence-electron chi connectivity index (χ3n) is 7.40. The van der Waals surface area contributed by atoms with Crippen LogP contribution < -0.4 is 0 Å². The second-order valence-corrected chi connectivity index (χ2v) is 8.96. The van der Waals surface area contributed by atoms with Crippen LogP contribution in [0.2, 0.25) is 0 Å². The quantitative estimate of drug-likeness (QED) is 0.878. The SMILES string of the molecule is C[C@@H]1[C@H](O)CC2C(C)(C)CCC[C@]2(C)[C@@]1(O)CCc1ccoc1. The van der Waals surface area contributed by atoms with Gasteiger partial charge in [0, 0.05) is 11.3 Å². The molecular formula is C20H32O3. The zero-order valence-corrected chi connectivity index (χ0v) is 15.0. The van der Waals surface area contributed by atoms with Gasteiger partial charge >= 0.3 is 0 Å². The molecule has 3 heteroatoms. The van der Waals surface area contributed by atoms with Crippen molar-refractivity contribution < 1.29 is 14.6 Å². The Bertz CT molecular complexity index is 535. The van der Waals surface area contributed by atoms with Crippen molar-refractivity contribution in [2.45, 2.75) is 77.9 Å². The molecule has 1 unspecified atom stereocenters. The molecule has 0 saturated heterocycles. The molecule has 2 fully saturated rings. The first-order valence-electron chi connectivity index (χ1n) is 9.12. The minimum Gasteiger partial charge on any atom is -0.472 e. The summed E-state index contributed by atoms with van der Waals surface area (Å²) in [6, 6.07) is 1.97. The zero-order valence-electron chi connectivity index (χ0n) is 15.0. The lowest BCUT2D eigenvalue weighted by atomic mass is 9.43. The van der Waals surface area contributed by atoms with Crippen LogP contribution in [0, 0.1) is 22.7 Å². The molecule has 0 amide bonds. The number of aryl methyl sites for hydroxylation is 1. The number of hydrogen-bond donors (Lipinski definition) is 2. The van der Waals surface area contributed by atoms with Crippen molar-refractivity contribution in [1.29, 1.82) is 0 Å². The minimum absolute atomic E-state index is 0.0930. The van der Waals surface area contributed by atoms with Gasteiger partial charge < -0.3 is 14.6 Å². The van der Waals surface area contributed by atoms with E-state index >= 15 is 0 Å². The molecule has 5 atom stereocenters. The Kier molecular flexibility index (Phi) is 4.17. The van der Waals surface area contributed by atoms with Crippen LogP contribution in [0.1, 0.15) is 65.4 Å². The van der Waals surface area contributed by atoms with E-state index in [0.717, 1.165) is 31.2 Å². The number of fused-ring (bicyclic) bond motifs is 1. The Morgan fingerprint density at radius 3 is 2.65 bits per heavy atom. The van der Waals surface area contributed by atoms with E-state index in [9.17, 15) is 10.2 Å². The molecule has 2 N–H and O–H groups in total. The summed E-state index contributed by atoms with van der Waals surface area (Å²) in [6.45, 7) is 8.93. The van der Waals surface area contributed by atoms with E-state index in [2.05, 4.69) is 20.8 Å². The van der Waals surface area contributed by atoms with Crippen molar-refractivity contribution in [3.05, 3.63) is 24.2 Å². The standard InChI is InChI=1S/C20H32O3/c1-14-16(21)12-17-18(2,3)8-5-9-19(17,4)20(14,22)10-6-15-7-11-23-13-15/h7,11,13-14,16-17,21-22H,5-6,8-10,12H2,1-4H3/t14-,16-,17?,19+,20-/m1/s1. The van der Waals surface area contributed by atoms with Gasteiger partial charge in [-0.1, -0.05) is 34.1 Å². The highest BCUT2D eigenvalue weighted by atomic mass is 16.3. The lowest BCUT2D eigenvalue weighted by Gasteiger charge is -2.64. The fourth-order valence-electron chi connectivity index (χ4n) is 5.79. The minimum atomic E-state index is -0.829. The van der Waals surface area contributed by atoms with Crippen molar-refractivity contribution in [2.24, 2.45) is 22.7 Å². The topological polar surface area (TPSA) is 53.6 Å². The van der Waals surface area contributed by atoms with Crippen LogP contribution in [0.4, 0.5) is 0 Å². The first-order valence-corrected chi connectivity index (χ1v) is 9.12. The fraction of sp³-hybridized carbons (Fsp3) is 0.800. The van der Waals surface area contributed by atoms with Gasteiger partial charge in [-0.25, -0.2) is 0 Å². The lowest BCUT2D eigenvalue weighted by molar-refractivity contribution is -0.239. The van der Waals surface area contributed by atoms with E-state index in [1.165, 1.54) is 6.42 Å². The maximum atomic E-state index is 11.8. The summed E-state index contributed by atoms with van der Waals surface area (Å²) in [4.78, 5) is 0. The molecule has 2 saturated carbocycles. The number of rotatable bonds is 3. The van der Waals surface area contributed by atoms with Gasteiger partial charge in [-0.2, -0.15) is 0 Å². The Balaban J connectivity index is 1.93. The molecular weight excluding hydrogens is 288 g/mol. The van der Waals surface area contributed by atoms with E-state index in [0.29, 0.717) is 12.3 Å². The summed E-state index contributed by atoms with van der Waals surface area (Å²) in [5.41, 5.74) is 0.347. The number of hydrogen-bond acceptors (Lipinski definition) is 3. The molecule has 1 heterocycles. The zero-order chi connectivity index (χ0) is 16.9. The van der Waals surface area contributed by atoms with Gasteiger partial charge in [-0.05, 0) is 55.1 Å². The lowest BCUT2D eigenvalue weighted by Crippen LogP contribution is -2.65. The molecule has 2 aliphatic carbocycles. The van der Waals surface area contributed by atoms with E-state index in [1.54, 1.807) is 12.5 Å². The average Bonchev–Trinajstić information content (AvgIpc) is 2.99. The molecule has 1 aromatic heterocycles. The third kappa shape index (κ3) is 2.56. The molecule has 1 aromatic rings. The van der Waals surface area contributed by atoms with E-state index < -0.39 is 11.7 Å². The van der Waals surface area contributed by atoms with Gasteiger partial charge in [-0.15, -0.1) is 0 Å². The molecule has 0 radical (unpaired) electrons. The summed E-state index contributed by atoms with van der Waals surface area (Å²) >= 11 is 0. The predicted molar refractivity (Wildman–Crippen MR) is 91.0 cm³/mol. The van der Waals surface area contributed by atoms with Gasteiger partial charge in [0.2, 0.25) is 0 Å². The molecule has 0 bridgehead atoms. The van der Waals surface area contributed by atoms with Crippen LogP contribution in [0.15, 0.2) is 23.0 Å². The number of furan rings is 1. The van der Waals surface area contributed by atoms with Crippen LogP contribution in [-0.2, 0) is 6.42 Å². The summed E-state index contributed by atoms with van der Waals surface area (Å²) in [7, 11) is 0. The highest BCUT2D eigenvalue weighted by Gasteiger charge is 2.63. The average molecular weight is 320 g/mol. The van der Waals surface area contributed by atoms with Crippen LogP contribution in [0.5, 0.6) is 0 Å². The molecule has 130 valence electrons. The molecule has 3 nitrogen and oxygen atoms in total. The monoisotopic (exact) mass is 320 g/mol. The van der Waals surface area contributed by atoms with Gasteiger partial charge in [0.25, 0.3) is 0 Å².